The Morgan fingerprint density at radius 2 is 1.59 bits per heavy atom. The second kappa shape index (κ2) is 4.32. The molecule has 2 fully saturated rings. The first-order chi connectivity index (χ1) is 7.80. The highest BCUT2D eigenvalue weighted by atomic mass is 32.2. The Morgan fingerprint density at radius 1 is 1.06 bits per heavy atom. The second-order valence-electron chi connectivity index (χ2n) is 6.11. The van der Waals surface area contributed by atoms with Crippen molar-refractivity contribution in [3.8, 4) is 0 Å². The Balaban J connectivity index is 2.00. The fourth-order valence-electron chi connectivity index (χ4n) is 2.19. The lowest BCUT2D eigenvalue weighted by atomic mass is 9.79. The molecule has 4 heteroatoms. The minimum atomic E-state index is -0.228. The fourth-order valence-corrected chi connectivity index (χ4v) is 3.10. The summed E-state index contributed by atoms with van der Waals surface area (Å²) in [5.74, 6) is 2.10. The van der Waals surface area contributed by atoms with Crippen LogP contribution in [0.4, 0.5) is 0 Å². The molecule has 96 valence electrons. The number of thioether (sulfide) groups is 1. The minimum absolute atomic E-state index is 0.190. The van der Waals surface area contributed by atoms with Gasteiger partial charge in [0.05, 0.1) is 11.2 Å². The molecule has 0 bridgehead atoms. The molecule has 2 nitrogen and oxygen atoms in total. The van der Waals surface area contributed by atoms with Gasteiger partial charge in [-0.15, -0.1) is 0 Å². The van der Waals surface area contributed by atoms with Crippen molar-refractivity contribution >= 4 is 18.9 Å². The molecule has 0 amide bonds. The van der Waals surface area contributed by atoms with Crippen LogP contribution in [0.1, 0.15) is 47.0 Å². The van der Waals surface area contributed by atoms with Crippen LogP contribution in [0.5, 0.6) is 0 Å². The van der Waals surface area contributed by atoms with Gasteiger partial charge in [0.2, 0.25) is 0 Å². The lowest BCUT2D eigenvalue weighted by Crippen LogP contribution is -2.41. The molecule has 0 aromatic heterocycles. The smallest absolute Gasteiger partial charge is 0.400 e. The molecule has 1 aliphatic carbocycles. The van der Waals surface area contributed by atoms with E-state index in [1.165, 1.54) is 19.3 Å². The van der Waals surface area contributed by atoms with Gasteiger partial charge in [-0.25, -0.2) is 0 Å². The van der Waals surface area contributed by atoms with E-state index < -0.39 is 0 Å². The topological polar surface area (TPSA) is 18.5 Å². The molecule has 1 heterocycles. The van der Waals surface area contributed by atoms with Crippen molar-refractivity contribution in [3.05, 3.63) is 12.1 Å². The fraction of sp³-hybridized carbons (Fsp3) is 0.846. The first-order valence-electron chi connectivity index (χ1n) is 6.40. The van der Waals surface area contributed by atoms with E-state index in [0.29, 0.717) is 4.75 Å². The van der Waals surface area contributed by atoms with E-state index in [2.05, 4.69) is 46.0 Å². The van der Waals surface area contributed by atoms with Gasteiger partial charge in [-0.3, -0.25) is 0 Å². The molecule has 0 N–H and O–H groups in total. The average Bonchev–Trinajstić information content (AvgIpc) is 2.34. The van der Waals surface area contributed by atoms with Crippen molar-refractivity contribution in [1.82, 2.24) is 0 Å². The van der Waals surface area contributed by atoms with E-state index >= 15 is 0 Å². The van der Waals surface area contributed by atoms with Crippen LogP contribution in [0, 0.1) is 0 Å². The van der Waals surface area contributed by atoms with Gasteiger partial charge in [-0.05, 0) is 46.8 Å². The zero-order valence-corrected chi connectivity index (χ0v) is 12.4. The van der Waals surface area contributed by atoms with Crippen LogP contribution in [-0.4, -0.2) is 29.3 Å². The van der Waals surface area contributed by atoms with Crippen molar-refractivity contribution in [1.29, 1.82) is 0 Å². The maximum absolute atomic E-state index is 5.95. The molecular formula is C13H23BO2S. The van der Waals surface area contributed by atoms with Crippen LogP contribution in [0.25, 0.3) is 0 Å². The summed E-state index contributed by atoms with van der Waals surface area (Å²) in [6.45, 7) is 8.37. The minimum Gasteiger partial charge on any atom is -0.400 e. The van der Waals surface area contributed by atoms with Gasteiger partial charge < -0.3 is 9.31 Å². The van der Waals surface area contributed by atoms with E-state index in [-0.39, 0.29) is 18.3 Å². The lowest BCUT2D eigenvalue weighted by Gasteiger charge is -2.37. The van der Waals surface area contributed by atoms with Gasteiger partial charge in [-0.1, -0.05) is 18.5 Å². The van der Waals surface area contributed by atoms with Gasteiger partial charge in [0.15, 0.2) is 0 Å². The van der Waals surface area contributed by atoms with Gasteiger partial charge in [0, 0.05) is 4.75 Å². The summed E-state index contributed by atoms with van der Waals surface area (Å²) in [6, 6.07) is 0. The highest BCUT2D eigenvalue weighted by molar-refractivity contribution is 8.00. The normalized spacial score (nSPS) is 29.6. The summed E-state index contributed by atoms with van der Waals surface area (Å²) < 4.78 is 12.3. The van der Waals surface area contributed by atoms with E-state index in [9.17, 15) is 0 Å². The highest BCUT2D eigenvalue weighted by Gasteiger charge is 2.50. The maximum atomic E-state index is 5.95. The Morgan fingerprint density at radius 3 is 1.94 bits per heavy atom. The van der Waals surface area contributed by atoms with Gasteiger partial charge in [0.1, 0.15) is 0 Å². The number of hydrogen-bond acceptors (Lipinski definition) is 3. The molecule has 1 aliphatic heterocycles. The third-order valence-corrected chi connectivity index (χ3v) is 5.79. The average molecular weight is 254 g/mol. The van der Waals surface area contributed by atoms with E-state index in [4.69, 9.17) is 9.31 Å². The van der Waals surface area contributed by atoms with Crippen molar-refractivity contribution < 1.29 is 9.31 Å². The molecule has 0 radical (unpaired) electrons. The number of rotatable bonds is 3. The van der Waals surface area contributed by atoms with E-state index in [1.54, 1.807) is 0 Å². The predicted octanol–water partition coefficient (Wildman–Crippen LogP) is 3.46. The van der Waals surface area contributed by atoms with Crippen molar-refractivity contribution in [2.45, 2.75) is 62.9 Å². The Labute approximate surface area is 110 Å². The molecule has 0 spiro atoms. The zero-order chi connectivity index (χ0) is 12.7. The van der Waals surface area contributed by atoms with E-state index in [0.717, 1.165) is 0 Å². The van der Waals surface area contributed by atoms with Crippen LogP contribution in [0.15, 0.2) is 12.1 Å². The monoisotopic (exact) mass is 254 g/mol. The maximum Gasteiger partial charge on any atom is 0.486 e. The highest BCUT2D eigenvalue weighted by Crippen LogP contribution is 2.44. The Kier molecular flexibility index (Phi) is 3.43. The van der Waals surface area contributed by atoms with Crippen LogP contribution in [-0.2, 0) is 9.31 Å². The molecule has 0 unspecified atom stereocenters. The molecule has 0 aromatic rings. The first kappa shape index (κ1) is 13.5. The van der Waals surface area contributed by atoms with E-state index in [1.807, 2.05) is 11.8 Å². The summed E-state index contributed by atoms with van der Waals surface area (Å²) in [6.07, 6.45) is 8.39. The molecule has 2 rings (SSSR count). The standard InChI is InChI=1S/C13H23BO2S/c1-11(2)12(3,4)16-14(15-11)10-9-13(17-5)7-6-8-13/h9-10H,6-8H2,1-5H3/b10-9+. The van der Waals surface area contributed by atoms with Crippen molar-refractivity contribution in [3.63, 3.8) is 0 Å². The van der Waals surface area contributed by atoms with Crippen molar-refractivity contribution in [2.24, 2.45) is 0 Å². The third-order valence-electron chi connectivity index (χ3n) is 4.44. The summed E-state index contributed by atoms with van der Waals surface area (Å²) in [5.41, 5.74) is -0.456. The summed E-state index contributed by atoms with van der Waals surface area (Å²) in [4.78, 5) is 0. The molecule has 2 aliphatic rings. The molecule has 1 saturated carbocycles. The largest absolute Gasteiger partial charge is 0.486 e. The van der Waals surface area contributed by atoms with Crippen LogP contribution in [0.3, 0.4) is 0 Å². The van der Waals surface area contributed by atoms with Crippen LogP contribution >= 0.6 is 11.8 Å². The first-order valence-corrected chi connectivity index (χ1v) is 7.63. The van der Waals surface area contributed by atoms with Crippen molar-refractivity contribution in [2.75, 3.05) is 6.26 Å². The SMILES string of the molecule is CSC1(/C=C/B2OC(C)(C)C(C)(C)O2)CCC1. The predicted molar refractivity (Wildman–Crippen MR) is 75.3 cm³/mol. The summed E-state index contributed by atoms with van der Waals surface area (Å²) in [5, 5.41) is 0. The summed E-state index contributed by atoms with van der Waals surface area (Å²) in [7, 11) is -0.190. The Bertz CT molecular complexity index is 300. The second-order valence-corrected chi connectivity index (χ2v) is 7.33. The quantitative estimate of drug-likeness (QED) is 0.718. The number of hydrogen-bond donors (Lipinski definition) is 0. The third kappa shape index (κ3) is 2.45. The molecule has 17 heavy (non-hydrogen) atoms. The molecule has 0 aromatic carbocycles. The summed E-state index contributed by atoms with van der Waals surface area (Å²) >= 11 is 1.94. The lowest BCUT2D eigenvalue weighted by molar-refractivity contribution is 0.00578. The van der Waals surface area contributed by atoms with Crippen LogP contribution < -0.4 is 0 Å². The van der Waals surface area contributed by atoms with Gasteiger partial charge in [-0.2, -0.15) is 11.8 Å². The molecule has 0 atom stereocenters. The molecular weight excluding hydrogens is 231 g/mol. The Hall–Kier alpha value is 0.0749. The zero-order valence-electron chi connectivity index (χ0n) is 11.6. The van der Waals surface area contributed by atoms with Gasteiger partial charge >= 0.3 is 7.12 Å². The van der Waals surface area contributed by atoms with Gasteiger partial charge in [0.25, 0.3) is 0 Å². The molecule has 1 saturated heterocycles. The van der Waals surface area contributed by atoms with Crippen LogP contribution in [0.2, 0.25) is 0 Å².